The van der Waals surface area contributed by atoms with Crippen LogP contribution in [0.15, 0.2) is 24.3 Å². The van der Waals surface area contributed by atoms with Crippen molar-refractivity contribution >= 4 is 16.5 Å². The fourth-order valence-corrected chi connectivity index (χ4v) is 3.93. The molecule has 3 rings (SSSR count). The molecular weight excluding hydrogens is 285 g/mol. The zero-order chi connectivity index (χ0) is 14.8. The zero-order valence-electron chi connectivity index (χ0n) is 12.4. The summed E-state index contributed by atoms with van der Waals surface area (Å²) < 4.78 is 12.9. The van der Waals surface area contributed by atoms with Crippen LogP contribution in [-0.2, 0) is 6.42 Å². The van der Waals surface area contributed by atoms with E-state index < -0.39 is 0 Å². The van der Waals surface area contributed by atoms with Gasteiger partial charge in [0.25, 0.3) is 0 Å². The summed E-state index contributed by atoms with van der Waals surface area (Å²) in [5, 5.41) is 10.6. The minimum Gasteiger partial charge on any atom is -0.346 e. The number of piperidine rings is 1. The third-order valence-electron chi connectivity index (χ3n) is 3.86. The first-order valence-corrected chi connectivity index (χ1v) is 8.23. The van der Waals surface area contributed by atoms with E-state index >= 15 is 0 Å². The van der Waals surface area contributed by atoms with Crippen molar-refractivity contribution in [3.63, 3.8) is 0 Å². The lowest BCUT2D eigenvalue weighted by molar-refractivity contribution is 0.356. The van der Waals surface area contributed by atoms with Crippen molar-refractivity contribution in [1.82, 2.24) is 10.2 Å². The van der Waals surface area contributed by atoms with E-state index in [2.05, 4.69) is 28.9 Å². The van der Waals surface area contributed by atoms with Crippen LogP contribution in [0.5, 0.6) is 0 Å². The van der Waals surface area contributed by atoms with Crippen molar-refractivity contribution < 1.29 is 4.39 Å². The van der Waals surface area contributed by atoms with Crippen molar-refractivity contribution in [2.24, 2.45) is 11.8 Å². The number of hydrogen-bond acceptors (Lipinski definition) is 4. The maximum atomic E-state index is 12.9. The van der Waals surface area contributed by atoms with E-state index in [0.717, 1.165) is 35.2 Å². The number of halogens is 1. The summed E-state index contributed by atoms with van der Waals surface area (Å²) in [6.07, 6.45) is 2.01. The molecule has 0 aliphatic carbocycles. The van der Waals surface area contributed by atoms with Crippen LogP contribution < -0.4 is 4.90 Å². The summed E-state index contributed by atoms with van der Waals surface area (Å²) in [6.45, 7) is 6.72. The van der Waals surface area contributed by atoms with E-state index in [0.29, 0.717) is 11.8 Å². The molecule has 5 heteroatoms. The van der Waals surface area contributed by atoms with Crippen molar-refractivity contribution in [1.29, 1.82) is 0 Å². The molecule has 1 aliphatic rings. The van der Waals surface area contributed by atoms with Gasteiger partial charge in [-0.1, -0.05) is 37.3 Å². The van der Waals surface area contributed by atoms with Gasteiger partial charge in [-0.3, -0.25) is 0 Å². The number of anilines is 1. The van der Waals surface area contributed by atoms with Crippen LogP contribution in [0.2, 0.25) is 0 Å². The molecule has 0 radical (unpaired) electrons. The summed E-state index contributed by atoms with van der Waals surface area (Å²) in [4.78, 5) is 2.35. The molecule has 2 heterocycles. The average molecular weight is 305 g/mol. The third kappa shape index (κ3) is 3.59. The quantitative estimate of drug-likeness (QED) is 0.865. The number of rotatable bonds is 3. The Balaban J connectivity index is 1.69. The number of nitrogens with zero attached hydrogens (tertiary/aromatic N) is 3. The van der Waals surface area contributed by atoms with Gasteiger partial charge in [-0.2, -0.15) is 0 Å². The minimum absolute atomic E-state index is 0.201. The van der Waals surface area contributed by atoms with Gasteiger partial charge in [0.1, 0.15) is 10.8 Å². The van der Waals surface area contributed by atoms with Gasteiger partial charge in [-0.25, -0.2) is 4.39 Å². The second-order valence-corrected chi connectivity index (χ2v) is 7.17. The molecule has 2 aromatic rings. The van der Waals surface area contributed by atoms with Gasteiger partial charge >= 0.3 is 0 Å². The summed E-state index contributed by atoms with van der Waals surface area (Å²) in [5.41, 5.74) is 1.07. The summed E-state index contributed by atoms with van der Waals surface area (Å²) in [6, 6.07) is 6.60. The molecule has 112 valence electrons. The summed E-state index contributed by atoms with van der Waals surface area (Å²) in [7, 11) is 0. The maximum absolute atomic E-state index is 12.9. The fraction of sp³-hybridized carbons (Fsp3) is 0.500. The van der Waals surface area contributed by atoms with Crippen molar-refractivity contribution in [3.8, 4) is 0 Å². The Hall–Kier alpha value is -1.49. The highest BCUT2D eigenvalue weighted by Gasteiger charge is 2.24. The first-order valence-electron chi connectivity index (χ1n) is 7.42. The molecule has 0 spiro atoms. The third-order valence-corrected chi connectivity index (χ3v) is 4.85. The minimum atomic E-state index is -0.201. The Bertz CT molecular complexity index is 586. The highest BCUT2D eigenvalue weighted by Crippen LogP contribution is 2.29. The SMILES string of the molecule is CC1CC(C)CN(c2nnc(Cc3ccc(F)cc3)s2)C1. The Morgan fingerprint density at radius 1 is 1.14 bits per heavy atom. The first-order chi connectivity index (χ1) is 10.1. The van der Waals surface area contributed by atoms with Crippen LogP contribution in [-0.4, -0.2) is 23.3 Å². The molecule has 1 aromatic heterocycles. The van der Waals surface area contributed by atoms with Crippen LogP contribution in [0.3, 0.4) is 0 Å². The van der Waals surface area contributed by atoms with E-state index in [1.54, 1.807) is 23.5 Å². The molecule has 1 fully saturated rings. The highest BCUT2D eigenvalue weighted by molar-refractivity contribution is 7.15. The van der Waals surface area contributed by atoms with Crippen LogP contribution in [0.4, 0.5) is 9.52 Å². The lowest BCUT2D eigenvalue weighted by Crippen LogP contribution is -2.38. The van der Waals surface area contributed by atoms with Crippen LogP contribution in [0.1, 0.15) is 30.8 Å². The Morgan fingerprint density at radius 3 is 2.48 bits per heavy atom. The average Bonchev–Trinajstić information content (AvgIpc) is 2.89. The molecule has 21 heavy (non-hydrogen) atoms. The Morgan fingerprint density at radius 2 is 1.81 bits per heavy atom. The van der Waals surface area contributed by atoms with E-state index in [4.69, 9.17) is 0 Å². The summed E-state index contributed by atoms with van der Waals surface area (Å²) in [5.74, 6) is 1.21. The van der Waals surface area contributed by atoms with Crippen molar-refractivity contribution in [3.05, 3.63) is 40.7 Å². The zero-order valence-corrected chi connectivity index (χ0v) is 13.2. The molecule has 0 bridgehead atoms. The number of aromatic nitrogens is 2. The van der Waals surface area contributed by atoms with Gasteiger partial charge in [-0.15, -0.1) is 10.2 Å². The number of benzene rings is 1. The monoisotopic (exact) mass is 305 g/mol. The van der Waals surface area contributed by atoms with Gasteiger partial charge in [0.15, 0.2) is 0 Å². The Kier molecular flexibility index (Phi) is 4.19. The predicted molar refractivity (Wildman–Crippen MR) is 84.3 cm³/mol. The van der Waals surface area contributed by atoms with Gasteiger partial charge in [-0.05, 0) is 36.0 Å². The fourth-order valence-electron chi connectivity index (χ4n) is 3.04. The standard InChI is InChI=1S/C16H20FN3S/c1-11-7-12(2)10-20(9-11)16-19-18-15(21-16)8-13-3-5-14(17)6-4-13/h3-6,11-12H,7-10H2,1-2H3. The van der Waals surface area contributed by atoms with Gasteiger partial charge < -0.3 is 4.90 Å². The molecule has 3 nitrogen and oxygen atoms in total. The predicted octanol–water partition coefficient (Wildman–Crippen LogP) is 3.75. The van der Waals surface area contributed by atoms with E-state index in [1.807, 2.05) is 0 Å². The molecule has 0 amide bonds. The second kappa shape index (κ2) is 6.10. The topological polar surface area (TPSA) is 29.0 Å². The molecule has 1 aromatic carbocycles. The second-order valence-electron chi connectivity index (χ2n) is 6.13. The molecule has 2 unspecified atom stereocenters. The summed E-state index contributed by atoms with van der Waals surface area (Å²) >= 11 is 1.65. The smallest absolute Gasteiger partial charge is 0.208 e. The lowest BCUT2D eigenvalue weighted by atomic mass is 9.92. The van der Waals surface area contributed by atoms with E-state index in [1.165, 1.54) is 18.6 Å². The molecule has 0 N–H and O–H groups in total. The molecule has 1 aliphatic heterocycles. The van der Waals surface area contributed by atoms with Gasteiger partial charge in [0.2, 0.25) is 5.13 Å². The first kappa shape index (κ1) is 14.4. The molecule has 2 atom stereocenters. The van der Waals surface area contributed by atoms with Gasteiger partial charge in [0, 0.05) is 19.5 Å². The molecule has 0 saturated carbocycles. The largest absolute Gasteiger partial charge is 0.346 e. The van der Waals surface area contributed by atoms with Crippen molar-refractivity contribution in [2.75, 3.05) is 18.0 Å². The highest BCUT2D eigenvalue weighted by atomic mass is 32.1. The van der Waals surface area contributed by atoms with Crippen LogP contribution in [0, 0.1) is 17.7 Å². The van der Waals surface area contributed by atoms with E-state index in [9.17, 15) is 4.39 Å². The normalized spacial score (nSPS) is 22.5. The van der Waals surface area contributed by atoms with Gasteiger partial charge in [0.05, 0.1) is 0 Å². The van der Waals surface area contributed by atoms with E-state index in [-0.39, 0.29) is 5.82 Å². The maximum Gasteiger partial charge on any atom is 0.208 e. The molecular formula is C16H20FN3S. The van der Waals surface area contributed by atoms with Crippen molar-refractivity contribution in [2.45, 2.75) is 26.7 Å². The van der Waals surface area contributed by atoms with Crippen LogP contribution >= 0.6 is 11.3 Å². The van der Waals surface area contributed by atoms with Crippen LogP contribution in [0.25, 0.3) is 0 Å². The Labute approximate surface area is 128 Å². The number of hydrogen-bond donors (Lipinski definition) is 0. The lowest BCUT2D eigenvalue weighted by Gasteiger charge is -2.34. The molecule has 1 saturated heterocycles.